The predicted octanol–water partition coefficient (Wildman–Crippen LogP) is 1.81. The Morgan fingerprint density at radius 3 is 2.89 bits per heavy atom. The topological polar surface area (TPSA) is 142 Å². The summed E-state index contributed by atoms with van der Waals surface area (Å²) in [5.74, 6) is -0.477. The lowest BCUT2D eigenvalue weighted by Gasteiger charge is -2.24. The second-order valence-corrected chi connectivity index (χ2v) is 8.80. The van der Waals surface area contributed by atoms with E-state index in [0.29, 0.717) is 62.3 Å². The van der Waals surface area contributed by atoms with Gasteiger partial charge in [-0.25, -0.2) is 4.39 Å². The van der Waals surface area contributed by atoms with Gasteiger partial charge in [0, 0.05) is 38.3 Å². The van der Waals surface area contributed by atoms with E-state index in [1.165, 1.54) is 23.1 Å². The zero-order chi connectivity index (χ0) is 26.2. The number of likely N-dealkylation sites (tertiary alicyclic amines) is 1. The van der Waals surface area contributed by atoms with Crippen molar-refractivity contribution in [2.24, 2.45) is 5.73 Å². The lowest BCUT2D eigenvalue weighted by molar-refractivity contribution is -0.128. The third-order valence-electron chi connectivity index (χ3n) is 6.25. The Bertz CT molecular complexity index is 1280. The molecule has 37 heavy (non-hydrogen) atoms. The maximum atomic E-state index is 13.3. The Hall–Kier alpha value is -4.30. The van der Waals surface area contributed by atoms with Crippen molar-refractivity contribution < 1.29 is 14.0 Å². The van der Waals surface area contributed by atoms with Crippen LogP contribution in [0.25, 0.3) is 11.3 Å². The maximum absolute atomic E-state index is 13.3. The summed E-state index contributed by atoms with van der Waals surface area (Å²) in [6.07, 6.45) is 5.60. The normalized spacial score (nSPS) is 15.0. The summed E-state index contributed by atoms with van der Waals surface area (Å²) >= 11 is 0. The van der Waals surface area contributed by atoms with E-state index in [1.54, 1.807) is 29.3 Å². The number of nitrogens with zero attached hydrogens (tertiary/aromatic N) is 5. The highest BCUT2D eigenvalue weighted by molar-refractivity contribution is 5.94. The van der Waals surface area contributed by atoms with Crippen molar-refractivity contribution >= 4 is 11.8 Å². The molecule has 0 aliphatic carbocycles. The van der Waals surface area contributed by atoms with Gasteiger partial charge in [0.25, 0.3) is 5.91 Å². The Kier molecular flexibility index (Phi) is 8.43. The third kappa shape index (κ3) is 6.48. The van der Waals surface area contributed by atoms with Crippen molar-refractivity contribution in [1.82, 2.24) is 25.1 Å². The summed E-state index contributed by atoms with van der Waals surface area (Å²) < 4.78 is 13.3. The summed E-state index contributed by atoms with van der Waals surface area (Å²) in [4.78, 5) is 32.3. The van der Waals surface area contributed by atoms with Crippen molar-refractivity contribution in [3.8, 4) is 17.3 Å². The fraction of sp³-hybridized carbons (Fsp3) is 0.346. The van der Waals surface area contributed by atoms with Crippen LogP contribution in [0.4, 0.5) is 4.39 Å². The Balaban J connectivity index is 1.34. The Morgan fingerprint density at radius 2 is 2.16 bits per heavy atom. The van der Waals surface area contributed by atoms with Crippen LogP contribution >= 0.6 is 0 Å². The zero-order valence-electron chi connectivity index (χ0n) is 20.4. The number of rotatable bonds is 11. The number of hydrogen-bond donors (Lipinski definition) is 3. The summed E-state index contributed by atoms with van der Waals surface area (Å²) in [6.45, 7) is 1.96. The highest BCUT2D eigenvalue weighted by Crippen LogP contribution is 2.21. The molecule has 1 saturated heterocycles. The van der Waals surface area contributed by atoms with Gasteiger partial charge in [-0.3, -0.25) is 14.6 Å². The summed E-state index contributed by atoms with van der Waals surface area (Å²) in [6, 6.07) is 11.7. The van der Waals surface area contributed by atoms with Gasteiger partial charge in [0.2, 0.25) is 5.91 Å². The number of benzene rings is 1. The highest BCUT2D eigenvalue weighted by Gasteiger charge is 2.30. The van der Waals surface area contributed by atoms with E-state index in [2.05, 4.69) is 26.9 Å². The quantitative estimate of drug-likeness (QED) is 0.362. The van der Waals surface area contributed by atoms with Gasteiger partial charge in [-0.15, -0.1) is 5.10 Å². The molecule has 3 heterocycles. The lowest BCUT2D eigenvalue weighted by atomic mass is 10.1. The van der Waals surface area contributed by atoms with E-state index in [0.717, 1.165) is 12.0 Å². The predicted molar refractivity (Wildman–Crippen MR) is 135 cm³/mol. The van der Waals surface area contributed by atoms with Gasteiger partial charge in [0.05, 0.1) is 23.0 Å². The van der Waals surface area contributed by atoms with E-state index in [4.69, 9.17) is 5.73 Å². The number of nitrogens with two attached hydrogens (primary N) is 1. The molecule has 0 radical (unpaired) electrons. The van der Waals surface area contributed by atoms with E-state index < -0.39 is 0 Å². The molecule has 10 nitrogen and oxygen atoms in total. The highest BCUT2D eigenvalue weighted by atomic mass is 19.1. The molecule has 1 fully saturated rings. The minimum atomic E-state index is -0.285. The molecule has 2 aromatic heterocycles. The van der Waals surface area contributed by atoms with Gasteiger partial charge in [-0.05, 0) is 55.6 Å². The molecule has 0 unspecified atom stereocenters. The number of nitriles is 1. The Morgan fingerprint density at radius 1 is 1.30 bits per heavy atom. The number of halogens is 1. The second-order valence-electron chi connectivity index (χ2n) is 8.80. The van der Waals surface area contributed by atoms with Crippen LogP contribution in [-0.4, -0.2) is 63.8 Å². The molecule has 4 N–H and O–H groups in total. The molecule has 192 valence electrons. The van der Waals surface area contributed by atoms with Crippen LogP contribution in [-0.2, 0) is 11.2 Å². The molecule has 3 aromatic rings. The number of aromatic nitrogens is 3. The largest absolute Gasteiger partial charge is 0.350 e. The number of hydrogen-bond acceptors (Lipinski definition) is 7. The van der Waals surface area contributed by atoms with Crippen LogP contribution in [0.1, 0.15) is 40.9 Å². The fourth-order valence-corrected chi connectivity index (χ4v) is 4.31. The first-order valence-electron chi connectivity index (χ1n) is 12.2. The third-order valence-corrected chi connectivity index (χ3v) is 6.25. The van der Waals surface area contributed by atoms with E-state index in [-0.39, 0.29) is 29.4 Å². The van der Waals surface area contributed by atoms with Gasteiger partial charge in [-0.1, -0.05) is 12.1 Å². The van der Waals surface area contributed by atoms with Crippen LogP contribution in [0.2, 0.25) is 0 Å². The first kappa shape index (κ1) is 25.8. The number of pyridine rings is 1. The number of nitrogens with one attached hydrogen (secondary N) is 2. The first-order valence-corrected chi connectivity index (χ1v) is 12.2. The minimum Gasteiger partial charge on any atom is -0.350 e. The summed E-state index contributed by atoms with van der Waals surface area (Å²) in [7, 11) is 0. The molecule has 1 aromatic carbocycles. The SMILES string of the molecule is N#Cc1nn(NCCc2cccc(F)c2)cc1-c1ccc(C(=O)NC[C@H]2CCC(=O)N2CCCN)cn1. The molecule has 0 saturated carbocycles. The van der Waals surface area contributed by atoms with Crippen molar-refractivity contribution in [1.29, 1.82) is 5.26 Å². The van der Waals surface area contributed by atoms with E-state index in [9.17, 15) is 19.2 Å². The minimum absolute atomic E-state index is 0.0346. The molecule has 1 aliphatic rings. The molecule has 0 spiro atoms. The van der Waals surface area contributed by atoms with Crippen LogP contribution < -0.4 is 16.5 Å². The number of carbonyl (C=O) groups excluding carboxylic acids is 2. The van der Waals surface area contributed by atoms with Crippen LogP contribution in [0, 0.1) is 17.1 Å². The van der Waals surface area contributed by atoms with Crippen LogP contribution in [0.5, 0.6) is 0 Å². The van der Waals surface area contributed by atoms with Gasteiger partial charge in [0.1, 0.15) is 11.9 Å². The summed E-state index contributed by atoms with van der Waals surface area (Å²) in [5, 5.41) is 16.6. The molecular weight excluding hydrogens is 475 g/mol. The van der Waals surface area contributed by atoms with Gasteiger partial charge in [0.15, 0.2) is 5.69 Å². The first-order chi connectivity index (χ1) is 18.0. The van der Waals surface area contributed by atoms with Crippen molar-refractivity contribution in [2.75, 3.05) is 31.6 Å². The fourth-order valence-electron chi connectivity index (χ4n) is 4.31. The molecule has 11 heteroatoms. The molecule has 2 amide bonds. The van der Waals surface area contributed by atoms with Gasteiger partial charge >= 0.3 is 0 Å². The van der Waals surface area contributed by atoms with Crippen molar-refractivity contribution in [3.63, 3.8) is 0 Å². The molecule has 4 rings (SSSR count). The van der Waals surface area contributed by atoms with Crippen LogP contribution in [0.3, 0.4) is 0 Å². The van der Waals surface area contributed by atoms with E-state index in [1.807, 2.05) is 6.07 Å². The van der Waals surface area contributed by atoms with Crippen molar-refractivity contribution in [3.05, 3.63) is 71.4 Å². The standard InChI is InChI=1S/C26H29FN8O2/c27-20-4-1-3-18(13-20)9-11-32-35-17-22(24(14-29)33-35)23-7-5-19(15-30-23)26(37)31-16-21-6-8-25(36)34(21)12-2-10-28/h1,3-5,7,13,15,17,21,32H,2,6,8-12,16,28H2,(H,31,37)/t21-/m1/s1. The molecule has 1 atom stereocenters. The average Bonchev–Trinajstić information content (AvgIpc) is 3.48. The molecule has 1 aliphatic heterocycles. The van der Waals surface area contributed by atoms with E-state index >= 15 is 0 Å². The second kappa shape index (κ2) is 12.1. The van der Waals surface area contributed by atoms with Gasteiger partial charge < -0.3 is 21.4 Å². The summed E-state index contributed by atoms with van der Waals surface area (Å²) in [5.41, 5.74) is 11.1. The average molecular weight is 505 g/mol. The maximum Gasteiger partial charge on any atom is 0.252 e. The van der Waals surface area contributed by atoms with Crippen molar-refractivity contribution in [2.45, 2.75) is 31.7 Å². The number of carbonyl (C=O) groups is 2. The molecule has 0 bridgehead atoms. The lowest BCUT2D eigenvalue weighted by Crippen LogP contribution is -2.42. The zero-order valence-corrected chi connectivity index (χ0v) is 20.4. The smallest absolute Gasteiger partial charge is 0.252 e. The van der Waals surface area contributed by atoms with Crippen LogP contribution in [0.15, 0.2) is 48.8 Å². The van der Waals surface area contributed by atoms with Gasteiger partial charge in [-0.2, -0.15) is 10.1 Å². The monoisotopic (exact) mass is 504 g/mol. The number of amides is 2. The Labute approximate surface area is 214 Å². The molecular formula is C26H29FN8O2.